The molecule has 2 saturated carbocycles. The molecular formula is C16H31NO2S. The molecule has 2 aliphatic rings. The molecule has 118 valence electrons. The molecule has 0 heterocycles. The molecule has 0 aromatic rings. The predicted molar refractivity (Wildman–Crippen MR) is 84.6 cm³/mol. The molecule has 4 heteroatoms. The van der Waals surface area contributed by atoms with E-state index in [4.69, 9.17) is 0 Å². The van der Waals surface area contributed by atoms with E-state index in [2.05, 4.69) is 12.2 Å². The lowest BCUT2D eigenvalue weighted by Crippen LogP contribution is -2.44. The van der Waals surface area contributed by atoms with Crippen LogP contribution < -0.4 is 5.32 Å². The Labute approximate surface area is 124 Å². The third-order valence-corrected chi connectivity index (χ3v) is 6.99. The monoisotopic (exact) mass is 301 g/mol. The van der Waals surface area contributed by atoms with E-state index in [0.29, 0.717) is 17.9 Å². The van der Waals surface area contributed by atoms with Gasteiger partial charge in [-0.3, -0.25) is 0 Å². The first-order valence-corrected chi connectivity index (χ1v) is 10.4. The molecule has 0 bridgehead atoms. The van der Waals surface area contributed by atoms with Gasteiger partial charge in [0.25, 0.3) is 0 Å². The maximum absolute atomic E-state index is 11.9. The largest absolute Gasteiger partial charge is 0.314 e. The quantitative estimate of drug-likeness (QED) is 0.848. The number of rotatable bonds is 5. The van der Waals surface area contributed by atoms with Crippen LogP contribution in [0.1, 0.15) is 64.7 Å². The fourth-order valence-corrected chi connectivity index (χ4v) is 5.46. The molecule has 4 atom stereocenters. The Bertz CT molecular complexity index is 393. The van der Waals surface area contributed by atoms with Crippen LogP contribution in [0.2, 0.25) is 0 Å². The molecule has 0 aromatic heterocycles. The predicted octanol–water partition coefficient (Wildman–Crippen LogP) is 3.15. The van der Waals surface area contributed by atoms with Crippen LogP contribution in [0.15, 0.2) is 0 Å². The molecule has 20 heavy (non-hydrogen) atoms. The smallest absolute Gasteiger partial charge is 0.150 e. The zero-order valence-electron chi connectivity index (χ0n) is 13.1. The lowest BCUT2D eigenvalue weighted by Gasteiger charge is -2.41. The third-order valence-electron chi connectivity index (χ3n) is 5.35. The van der Waals surface area contributed by atoms with Gasteiger partial charge in [-0.25, -0.2) is 8.42 Å². The summed E-state index contributed by atoms with van der Waals surface area (Å²) in [6.45, 7) is 3.31. The highest BCUT2D eigenvalue weighted by atomic mass is 32.2. The van der Waals surface area contributed by atoms with E-state index in [1.807, 2.05) is 0 Å². The normalized spacial score (nSPS) is 35.9. The van der Waals surface area contributed by atoms with Gasteiger partial charge in [-0.1, -0.05) is 32.6 Å². The van der Waals surface area contributed by atoms with E-state index >= 15 is 0 Å². The van der Waals surface area contributed by atoms with Crippen LogP contribution in [-0.2, 0) is 9.84 Å². The zero-order valence-corrected chi connectivity index (χ0v) is 13.9. The topological polar surface area (TPSA) is 46.2 Å². The average Bonchev–Trinajstić information content (AvgIpc) is 2.45. The van der Waals surface area contributed by atoms with Gasteiger partial charge in [0, 0.05) is 12.3 Å². The molecule has 2 aliphatic carbocycles. The second-order valence-corrected chi connectivity index (χ2v) is 9.21. The number of hydrogen-bond donors (Lipinski definition) is 1. The SMILES string of the molecule is CCCNC1CCCCC1C1CCCC(S(C)(=O)=O)C1. The number of nitrogens with one attached hydrogen (secondary N) is 1. The summed E-state index contributed by atoms with van der Waals surface area (Å²) in [6, 6.07) is 0.631. The molecule has 0 spiro atoms. The third kappa shape index (κ3) is 4.20. The van der Waals surface area contributed by atoms with Gasteiger partial charge >= 0.3 is 0 Å². The van der Waals surface area contributed by atoms with E-state index in [0.717, 1.165) is 25.8 Å². The molecule has 0 amide bonds. The van der Waals surface area contributed by atoms with Gasteiger partial charge in [0.1, 0.15) is 9.84 Å². The first-order chi connectivity index (χ1) is 9.52. The van der Waals surface area contributed by atoms with E-state index in [-0.39, 0.29) is 5.25 Å². The van der Waals surface area contributed by atoms with Crippen LogP contribution in [0.4, 0.5) is 0 Å². The summed E-state index contributed by atoms with van der Waals surface area (Å²) < 4.78 is 23.7. The lowest BCUT2D eigenvalue weighted by atomic mass is 9.71. The first-order valence-electron chi connectivity index (χ1n) is 8.44. The van der Waals surface area contributed by atoms with Crippen LogP contribution in [0, 0.1) is 11.8 Å². The summed E-state index contributed by atoms with van der Waals surface area (Å²) in [5.74, 6) is 1.33. The summed E-state index contributed by atoms with van der Waals surface area (Å²) in [6.07, 6.45) is 12.0. The van der Waals surface area contributed by atoms with Gasteiger partial charge in [0.2, 0.25) is 0 Å². The van der Waals surface area contributed by atoms with E-state index in [1.54, 1.807) is 0 Å². The van der Waals surface area contributed by atoms with Gasteiger partial charge in [0.05, 0.1) is 5.25 Å². The van der Waals surface area contributed by atoms with E-state index < -0.39 is 9.84 Å². The number of hydrogen-bond acceptors (Lipinski definition) is 3. The van der Waals surface area contributed by atoms with Crippen molar-refractivity contribution in [3.05, 3.63) is 0 Å². The summed E-state index contributed by atoms with van der Waals surface area (Å²) in [5, 5.41) is 3.65. The molecular weight excluding hydrogens is 270 g/mol. The lowest BCUT2D eigenvalue weighted by molar-refractivity contribution is 0.151. The Morgan fingerprint density at radius 2 is 1.80 bits per heavy atom. The van der Waals surface area contributed by atoms with Gasteiger partial charge in [-0.2, -0.15) is 0 Å². The van der Waals surface area contributed by atoms with Gasteiger partial charge in [-0.05, 0) is 50.5 Å². The van der Waals surface area contributed by atoms with Crippen LogP contribution >= 0.6 is 0 Å². The summed E-state index contributed by atoms with van der Waals surface area (Å²) in [5.41, 5.74) is 0. The Kier molecular flexibility index (Phi) is 5.91. The minimum atomic E-state index is -2.85. The van der Waals surface area contributed by atoms with Crippen molar-refractivity contribution in [1.29, 1.82) is 0 Å². The molecule has 0 aromatic carbocycles. The Balaban J connectivity index is 2.00. The van der Waals surface area contributed by atoms with Gasteiger partial charge < -0.3 is 5.32 Å². The molecule has 0 saturated heterocycles. The molecule has 0 aliphatic heterocycles. The fraction of sp³-hybridized carbons (Fsp3) is 1.00. The van der Waals surface area contributed by atoms with Crippen molar-refractivity contribution in [3.63, 3.8) is 0 Å². The fourth-order valence-electron chi connectivity index (χ4n) is 4.27. The van der Waals surface area contributed by atoms with Crippen LogP contribution in [0.5, 0.6) is 0 Å². The zero-order chi connectivity index (χ0) is 14.6. The van der Waals surface area contributed by atoms with Crippen LogP contribution in [-0.4, -0.2) is 32.5 Å². The van der Waals surface area contributed by atoms with Crippen LogP contribution in [0.25, 0.3) is 0 Å². The molecule has 2 fully saturated rings. The maximum Gasteiger partial charge on any atom is 0.150 e. The summed E-state index contributed by atoms with van der Waals surface area (Å²) in [7, 11) is -2.85. The number of sulfone groups is 1. The van der Waals surface area contributed by atoms with Crippen molar-refractivity contribution in [2.75, 3.05) is 12.8 Å². The second kappa shape index (κ2) is 7.26. The highest BCUT2D eigenvalue weighted by Gasteiger charge is 2.37. The Hall–Kier alpha value is -0.0900. The molecule has 1 N–H and O–H groups in total. The summed E-state index contributed by atoms with van der Waals surface area (Å²) in [4.78, 5) is 0. The first kappa shape index (κ1) is 16.3. The summed E-state index contributed by atoms with van der Waals surface area (Å²) >= 11 is 0. The highest BCUT2D eigenvalue weighted by molar-refractivity contribution is 7.91. The van der Waals surface area contributed by atoms with Crippen LogP contribution in [0.3, 0.4) is 0 Å². The maximum atomic E-state index is 11.9. The van der Waals surface area contributed by atoms with Crippen molar-refractivity contribution in [1.82, 2.24) is 5.32 Å². The minimum Gasteiger partial charge on any atom is -0.314 e. The van der Waals surface area contributed by atoms with E-state index in [9.17, 15) is 8.42 Å². The van der Waals surface area contributed by atoms with E-state index in [1.165, 1.54) is 44.8 Å². The molecule has 0 radical (unpaired) electrons. The molecule has 4 unspecified atom stereocenters. The highest BCUT2D eigenvalue weighted by Crippen LogP contribution is 2.40. The van der Waals surface area contributed by atoms with Crippen molar-refractivity contribution in [2.45, 2.75) is 76.0 Å². The Morgan fingerprint density at radius 3 is 2.50 bits per heavy atom. The minimum absolute atomic E-state index is 0.0741. The van der Waals surface area contributed by atoms with Gasteiger partial charge in [-0.15, -0.1) is 0 Å². The van der Waals surface area contributed by atoms with Gasteiger partial charge in [0.15, 0.2) is 0 Å². The van der Waals surface area contributed by atoms with Crippen molar-refractivity contribution in [2.24, 2.45) is 11.8 Å². The second-order valence-electron chi connectivity index (χ2n) is 6.89. The Morgan fingerprint density at radius 1 is 1.05 bits per heavy atom. The standard InChI is InChI=1S/C16H31NO2S/c1-3-11-17-16-10-5-4-9-15(16)13-7-6-8-14(12-13)20(2,18)19/h13-17H,3-12H2,1-2H3. The van der Waals surface area contributed by atoms with Crippen molar-refractivity contribution < 1.29 is 8.42 Å². The average molecular weight is 301 g/mol. The molecule has 3 nitrogen and oxygen atoms in total. The van der Waals surface area contributed by atoms with Crippen molar-refractivity contribution >= 4 is 9.84 Å². The molecule has 2 rings (SSSR count). The van der Waals surface area contributed by atoms with Crippen molar-refractivity contribution in [3.8, 4) is 0 Å².